The molecule has 2 aromatic carbocycles. The lowest BCUT2D eigenvalue weighted by Crippen LogP contribution is -2.24. The SMILES string of the molecule is Cc1ccc(C)c(NC(=O)c2cncc(C(=O)NCc3ccccc3Cl)c2)c1. The largest absolute Gasteiger partial charge is 0.348 e. The van der Waals surface area contributed by atoms with Crippen molar-refractivity contribution in [2.75, 3.05) is 5.32 Å². The van der Waals surface area contributed by atoms with Gasteiger partial charge in [-0.25, -0.2) is 0 Å². The minimum absolute atomic E-state index is 0.289. The number of hydrogen-bond donors (Lipinski definition) is 2. The topological polar surface area (TPSA) is 71.1 Å². The summed E-state index contributed by atoms with van der Waals surface area (Å²) in [6.07, 6.45) is 2.86. The minimum Gasteiger partial charge on any atom is -0.348 e. The Balaban J connectivity index is 1.70. The average molecular weight is 394 g/mol. The van der Waals surface area contributed by atoms with E-state index in [9.17, 15) is 9.59 Å². The maximum Gasteiger partial charge on any atom is 0.257 e. The molecule has 5 nitrogen and oxygen atoms in total. The smallest absolute Gasteiger partial charge is 0.257 e. The van der Waals surface area contributed by atoms with Crippen molar-refractivity contribution in [2.24, 2.45) is 0 Å². The first-order valence-corrected chi connectivity index (χ1v) is 9.17. The van der Waals surface area contributed by atoms with Gasteiger partial charge in [0.1, 0.15) is 0 Å². The van der Waals surface area contributed by atoms with Crippen LogP contribution in [0.25, 0.3) is 0 Å². The molecule has 1 heterocycles. The average Bonchev–Trinajstić information content (AvgIpc) is 2.70. The van der Waals surface area contributed by atoms with E-state index in [1.165, 1.54) is 18.5 Å². The number of hydrogen-bond acceptors (Lipinski definition) is 3. The highest BCUT2D eigenvalue weighted by atomic mass is 35.5. The highest BCUT2D eigenvalue weighted by Gasteiger charge is 2.13. The van der Waals surface area contributed by atoms with Crippen LogP contribution in [0.3, 0.4) is 0 Å². The Labute approximate surface area is 168 Å². The van der Waals surface area contributed by atoms with Crippen LogP contribution in [0, 0.1) is 13.8 Å². The molecule has 28 heavy (non-hydrogen) atoms. The van der Waals surface area contributed by atoms with Crippen LogP contribution in [0.2, 0.25) is 5.02 Å². The Morgan fingerprint density at radius 3 is 2.43 bits per heavy atom. The van der Waals surface area contributed by atoms with E-state index in [1.54, 1.807) is 6.07 Å². The Hall–Kier alpha value is -3.18. The molecule has 2 amide bonds. The predicted octanol–water partition coefficient (Wildman–Crippen LogP) is 4.53. The number of nitrogens with zero attached hydrogens (tertiary/aromatic N) is 1. The lowest BCUT2D eigenvalue weighted by atomic mass is 10.1. The number of rotatable bonds is 5. The molecule has 0 saturated carbocycles. The van der Waals surface area contributed by atoms with Gasteiger partial charge in [0.15, 0.2) is 0 Å². The van der Waals surface area contributed by atoms with Gasteiger partial charge < -0.3 is 10.6 Å². The molecule has 0 unspecified atom stereocenters. The Morgan fingerprint density at radius 1 is 0.964 bits per heavy atom. The first kappa shape index (κ1) is 19.6. The second-order valence-electron chi connectivity index (χ2n) is 6.51. The Morgan fingerprint density at radius 2 is 1.68 bits per heavy atom. The monoisotopic (exact) mass is 393 g/mol. The zero-order chi connectivity index (χ0) is 20.1. The number of aryl methyl sites for hydroxylation is 2. The van der Waals surface area contributed by atoms with Gasteiger partial charge in [0.2, 0.25) is 0 Å². The first-order valence-electron chi connectivity index (χ1n) is 8.79. The van der Waals surface area contributed by atoms with E-state index < -0.39 is 0 Å². The number of pyridine rings is 1. The molecule has 0 saturated heterocycles. The number of amides is 2. The molecule has 0 atom stereocenters. The maximum atomic E-state index is 12.6. The van der Waals surface area contributed by atoms with Crippen LogP contribution in [-0.2, 0) is 6.54 Å². The number of carbonyl (C=O) groups is 2. The number of benzene rings is 2. The van der Waals surface area contributed by atoms with Gasteiger partial charge in [0.25, 0.3) is 11.8 Å². The summed E-state index contributed by atoms with van der Waals surface area (Å²) in [6.45, 7) is 4.17. The fourth-order valence-electron chi connectivity index (χ4n) is 2.67. The van der Waals surface area contributed by atoms with E-state index in [0.29, 0.717) is 16.1 Å². The molecule has 2 N–H and O–H groups in total. The summed E-state index contributed by atoms with van der Waals surface area (Å²) in [7, 11) is 0. The molecule has 0 radical (unpaired) electrons. The number of aromatic nitrogens is 1. The van der Waals surface area contributed by atoms with Gasteiger partial charge >= 0.3 is 0 Å². The number of nitrogens with one attached hydrogen (secondary N) is 2. The number of anilines is 1. The van der Waals surface area contributed by atoms with Gasteiger partial charge in [-0.05, 0) is 48.7 Å². The van der Waals surface area contributed by atoms with Crippen molar-refractivity contribution in [1.29, 1.82) is 0 Å². The van der Waals surface area contributed by atoms with Crippen molar-refractivity contribution >= 4 is 29.1 Å². The summed E-state index contributed by atoms with van der Waals surface area (Å²) in [5, 5.41) is 6.25. The third-order valence-corrected chi connectivity index (χ3v) is 4.67. The normalized spacial score (nSPS) is 10.4. The van der Waals surface area contributed by atoms with Gasteiger partial charge in [-0.15, -0.1) is 0 Å². The van der Waals surface area contributed by atoms with Crippen molar-refractivity contribution in [2.45, 2.75) is 20.4 Å². The molecule has 0 spiro atoms. The highest BCUT2D eigenvalue weighted by molar-refractivity contribution is 6.31. The molecule has 0 aliphatic rings. The van der Waals surface area contributed by atoms with Crippen molar-refractivity contribution in [3.05, 3.63) is 93.8 Å². The fourth-order valence-corrected chi connectivity index (χ4v) is 2.88. The summed E-state index contributed by atoms with van der Waals surface area (Å²) in [5.74, 6) is -0.643. The lowest BCUT2D eigenvalue weighted by Gasteiger charge is -2.10. The predicted molar refractivity (Wildman–Crippen MR) is 111 cm³/mol. The van der Waals surface area contributed by atoms with Crippen LogP contribution in [0.5, 0.6) is 0 Å². The molecule has 1 aromatic heterocycles. The van der Waals surface area contributed by atoms with Gasteiger partial charge in [-0.2, -0.15) is 0 Å². The molecule has 0 aliphatic carbocycles. The standard InChI is InChI=1S/C22H20ClN3O2/c1-14-7-8-15(2)20(9-14)26-22(28)18-10-17(11-24-12-18)21(27)25-13-16-5-3-4-6-19(16)23/h3-12H,13H2,1-2H3,(H,25,27)(H,26,28). The summed E-state index contributed by atoms with van der Waals surface area (Å²) >= 11 is 6.10. The van der Waals surface area contributed by atoms with Crippen LogP contribution in [0.1, 0.15) is 37.4 Å². The van der Waals surface area contributed by atoms with Crippen LogP contribution in [-0.4, -0.2) is 16.8 Å². The van der Waals surface area contributed by atoms with Gasteiger partial charge in [-0.1, -0.05) is 41.9 Å². The third kappa shape index (κ3) is 4.75. The van der Waals surface area contributed by atoms with Gasteiger partial charge in [-0.3, -0.25) is 14.6 Å². The van der Waals surface area contributed by atoms with E-state index in [2.05, 4.69) is 15.6 Å². The minimum atomic E-state index is -0.325. The zero-order valence-electron chi connectivity index (χ0n) is 15.6. The van der Waals surface area contributed by atoms with E-state index in [0.717, 1.165) is 22.4 Å². The molecule has 142 valence electrons. The molecular formula is C22H20ClN3O2. The van der Waals surface area contributed by atoms with E-state index in [4.69, 9.17) is 11.6 Å². The first-order chi connectivity index (χ1) is 13.4. The third-order valence-electron chi connectivity index (χ3n) is 4.30. The fraction of sp³-hybridized carbons (Fsp3) is 0.136. The van der Waals surface area contributed by atoms with Crippen molar-refractivity contribution in [3.63, 3.8) is 0 Å². The Bertz CT molecular complexity index is 1030. The van der Waals surface area contributed by atoms with Crippen LogP contribution in [0.4, 0.5) is 5.69 Å². The summed E-state index contributed by atoms with van der Waals surface area (Å²) in [4.78, 5) is 29.0. The molecule has 3 aromatic rings. The quantitative estimate of drug-likeness (QED) is 0.668. The summed E-state index contributed by atoms with van der Waals surface area (Å²) in [5.41, 5.74) is 4.17. The van der Waals surface area contributed by atoms with Crippen molar-refractivity contribution < 1.29 is 9.59 Å². The zero-order valence-corrected chi connectivity index (χ0v) is 16.4. The lowest BCUT2D eigenvalue weighted by molar-refractivity contribution is 0.0950. The van der Waals surface area contributed by atoms with E-state index >= 15 is 0 Å². The van der Waals surface area contributed by atoms with Gasteiger partial charge in [0, 0.05) is 29.6 Å². The Kier molecular flexibility index (Phi) is 6.06. The molecular weight excluding hydrogens is 374 g/mol. The second kappa shape index (κ2) is 8.67. The van der Waals surface area contributed by atoms with Crippen LogP contribution < -0.4 is 10.6 Å². The highest BCUT2D eigenvalue weighted by Crippen LogP contribution is 2.18. The van der Waals surface area contributed by atoms with Crippen LogP contribution >= 0.6 is 11.6 Å². The van der Waals surface area contributed by atoms with E-state index in [-0.39, 0.29) is 18.4 Å². The summed E-state index contributed by atoms with van der Waals surface area (Å²) < 4.78 is 0. The molecule has 0 aliphatic heterocycles. The molecule has 0 fully saturated rings. The van der Waals surface area contributed by atoms with Gasteiger partial charge in [0.05, 0.1) is 11.1 Å². The van der Waals surface area contributed by atoms with Crippen LogP contribution in [0.15, 0.2) is 60.9 Å². The van der Waals surface area contributed by atoms with Crippen molar-refractivity contribution in [1.82, 2.24) is 10.3 Å². The summed E-state index contributed by atoms with van der Waals surface area (Å²) in [6, 6.07) is 14.6. The molecule has 6 heteroatoms. The van der Waals surface area contributed by atoms with Crippen molar-refractivity contribution in [3.8, 4) is 0 Å². The second-order valence-corrected chi connectivity index (χ2v) is 6.92. The maximum absolute atomic E-state index is 12.6. The number of carbonyl (C=O) groups excluding carboxylic acids is 2. The molecule has 3 rings (SSSR count). The van der Waals surface area contributed by atoms with E-state index in [1.807, 2.05) is 50.2 Å². The number of halogens is 1. The molecule has 0 bridgehead atoms.